The van der Waals surface area contributed by atoms with Gasteiger partial charge in [0.15, 0.2) is 0 Å². The number of fused-ring (bicyclic) bond motifs is 6. The van der Waals surface area contributed by atoms with Crippen molar-refractivity contribution in [2.75, 3.05) is 84.7 Å². The number of benzene rings is 1. The van der Waals surface area contributed by atoms with Crippen LogP contribution in [0.4, 0.5) is 10.5 Å². The van der Waals surface area contributed by atoms with Crippen molar-refractivity contribution in [2.45, 2.75) is 90.7 Å². The summed E-state index contributed by atoms with van der Waals surface area (Å²) in [4.78, 5) is 61.5. The number of thiazole rings is 1. The lowest BCUT2D eigenvalue weighted by atomic mass is 9.84. The van der Waals surface area contributed by atoms with Crippen LogP contribution in [0.25, 0.3) is 33.4 Å². The summed E-state index contributed by atoms with van der Waals surface area (Å²) in [5, 5.41) is 8.51. The molecule has 7 heterocycles. The number of ether oxygens (including phenoxy) is 2. The van der Waals surface area contributed by atoms with E-state index >= 15 is 0 Å². The van der Waals surface area contributed by atoms with Crippen LogP contribution in [0.15, 0.2) is 35.8 Å². The molecule has 0 unspecified atom stereocenters. The van der Waals surface area contributed by atoms with E-state index in [1.165, 1.54) is 16.3 Å². The van der Waals surface area contributed by atoms with E-state index in [9.17, 15) is 14.4 Å². The smallest absolute Gasteiger partial charge is 0.324 e. The molecule has 6 bridgehead atoms. The zero-order valence-electron chi connectivity index (χ0n) is 38.2. The fourth-order valence-corrected chi connectivity index (χ4v) is 11.3. The Balaban J connectivity index is 1.23. The number of carbonyl (C=O) groups is 3. The summed E-state index contributed by atoms with van der Waals surface area (Å²) in [6.07, 6.45) is 4.63. The molecule has 3 aromatic heterocycles. The molecule has 338 valence electrons. The Kier molecular flexibility index (Phi) is 13.6. The maximum Gasteiger partial charge on any atom is 0.324 e. The molecule has 15 nitrogen and oxygen atoms in total. The Labute approximate surface area is 378 Å². The van der Waals surface area contributed by atoms with Gasteiger partial charge in [-0.3, -0.25) is 19.6 Å². The Bertz CT molecular complexity index is 2310. The number of anilines is 1. The molecule has 63 heavy (non-hydrogen) atoms. The quantitative estimate of drug-likeness (QED) is 0.204. The molecule has 2 N–H and O–H groups in total. The zero-order chi connectivity index (χ0) is 44.6. The van der Waals surface area contributed by atoms with Crippen molar-refractivity contribution in [3.63, 3.8) is 0 Å². The number of nitrogens with one attached hydrogen (secondary N) is 2. The number of hydrogen-bond acceptors (Lipinski definition) is 12. The van der Waals surface area contributed by atoms with Gasteiger partial charge < -0.3 is 39.0 Å². The van der Waals surface area contributed by atoms with Crippen molar-refractivity contribution >= 4 is 55.4 Å². The number of cyclic esters (lactones) is 1. The predicted octanol–water partition coefficient (Wildman–Crippen LogP) is 4.80. The van der Waals surface area contributed by atoms with E-state index in [1.807, 2.05) is 16.5 Å². The Morgan fingerprint density at radius 2 is 1.87 bits per heavy atom. The molecular weight excluding hydrogens is 833 g/mol. The fraction of sp³-hybridized carbons (Fsp3) is 0.587. The topological polar surface area (TPSA) is 141 Å². The molecule has 3 fully saturated rings. The SMILES string of the molecule is CCn1c(-c2cc(N3CCN(C)CC3)cnc2[C@H](C)OC)c2c3cc(ccc31)-c1csc(n1)C[C@H](NC(=O)N1CCN(C)C[Si][C@@H]1C)C(=O)N1CCC[C@H](N1)C(=O)OCC(C)(C)C2. The molecule has 3 saturated heterocycles. The van der Waals surface area contributed by atoms with Crippen LogP contribution in [0.2, 0.25) is 0 Å². The van der Waals surface area contributed by atoms with Gasteiger partial charge in [-0.1, -0.05) is 19.9 Å². The summed E-state index contributed by atoms with van der Waals surface area (Å²) in [6, 6.07) is 6.99. The van der Waals surface area contributed by atoms with Crippen molar-refractivity contribution in [1.82, 2.24) is 45.0 Å². The van der Waals surface area contributed by atoms with Gasteiger partial charge in [-0.25, -0.2) is 15.2 Å². The van der Waals surface area contributed by atoms with Gasteiger partial charge in [-0.05, 0) is 84.1 Å². The van der Waals surface area contributed by atoms with Crippen molar-refractivity contribution in [3.8, 4) is 22.5 Å². The number of aryl methyl sites for hydroxylation is 1. The number of hydrazine groups is 1. The standard InChI is InChI=1S/C46H64N10O5SSi/c1-9-54-39-13-12-31-21-33(39)35(42(54)34-22-32(25-47-41(34)29(2)60-8)53-18-15-51(6)16-19-53)24-46(4,5)27-61-44(58)36-11-10-14-56(50-36)43(57)37(23-40-48-38(31)26-62-40)49-45(59)55-20-17-52(7)28-63-30(55)3/h12-13,21-22,25-26,29-30,36-37,50H,9-11,14-20,23-24,27-28H2,1-8H3,(H,49,59)/t29-,30+,36-,37-/m0/s1. The first-order chi connectivity index (χ1) is 30.2. The predicted molar refractivity (Wildman–Crippen MR) is 249 cm³/mol. The van der Waals surface area contributed by atoms with Crippen LogP contribution >= 0.6 is 11.3 Å². The summed E-state index contributed by atoms with van der Waals surface area (Å²) in [5.41, 5.74) is 10.9. The maximum absolute atomic E-state index is 14.5. The summed E-state index contributed by atoms with van der Waals surface area (Å²) in [7, 11) is 6.53. The minimum atomic E-state index is -0.901. The van der Waals surface area contributed by atoms with E-state index in [4.69, 9.17) is 19.4 Å². The number of urea groups is 1. The first-order valence-electron chi connectivity index (χ1n) is 22.5. The molecule has 4 atom stereocenters. The molecule has 4 aromatic rings. The summed E-state index contributed by atoms with van der Waals surface area (Å²) < 4.78 is 14.6. The minimum Gasteiger partial charge on any atom is -0.464 e. The van der Waals surface area contributed by atoms with Gasteiger partial charge in [0.05, 0.1) is 56.2 Å². The van der Waals surface area contributed by atoms with Crippen LogP contribution in [0.1, 0.15) is 69.8 Å². The van der Waals surface area contributed by atoms with Gasteiger partial charge in [0.2, 0.25) is 0 Å². The molecule has 4 aliphatic heterocycles. The number of likely N-dealkylation sites (N-methyl/N-ethyl adjacent to an activating group) is 2. The van der Waals surface area contributed by atoms with Crippen LogP contribution in [0.3, 0.4) is 0 Å². The molecule has 3 amide bonds. The zero-order valence-corrected chi connectivity index (χ0v) is 40.0. The molecule has 17 heteroatoms. The summed E-state index contributed by atoms with van der Waals surface area (Å²) in [5.74, 6) is -0.692. The Morgan fingerprint density at radius 1 is 1.10 bits per heavy atom. The summed E-state index contributed by atoms with van der Waals surface area (Å²) in [6.45, 7) is 17.0. The van der Waals surface area contributed by atoms with Crippen LogP contribution in [0.5, 0.6) is 0 Å². The Morgan fingerprint density at radius 3 is 2.63 bits per heavy atom. The fourth-order valence-electron chi connectivity index (χ4n) is 9.30. The number of piperazine rings is 1. The second kappa shape index (κ2) is 19.0. The van der Waals surface area contributed by atoms with Gasteiger partial charge in [-0.2, -0.15) is 0 Å². The number of carbonyl (C=O) groups excluding carboxylic acids is 3. The van der Waals surface area contributed by atoms with E-state index in [1.54, 1.807) is 7.11 Å². The molecule has 1 aromatic carbocycles. The largest absolute Gasteiger partial charge is 0.464 e. The van der Waals surface area contributed by atoms with Crippen LogP contribution in [-0.2, 0) is 38.4 Å². The number of rotatable bonds is 6. The molecule has 2 radical (unpaired) electrons. The second-order valence-corrected chi connectivity index (χ2v) is 21.0. The van der Waals surface area contributed by atoms with Gasteiger partial charge in [0.1, 0.15) is 12.1 Å². The van der Waals surface area contributed by atoms with Crippen molar-refractivity contribution in [1.29, 1.82) is 0 Å². The molecule has 0 spiro atoms. The number of hydrogen-bond donors (Lipinski definition) is 2. The molecule has 0 saturated carbocycles. The lowest BCUT2D eigenvalue weighted by Crippen LogP contribution is -2.61. The molecule has 4 aliphatic rings. The van der Waals surface area contributed by atoms with Crippen LogP contribution in [0, 0.1) is 5.41 Å². The Hall–Kier alpha value is -4.39. The third kappa shape index (κ3) is 9.69. The van der Waals surface area contributed by atoms with Gasteiger partial charge in [0, 0.05) is 104 Å². The van der Waals surface area contributed by atoms with E-state index < -0.39 is 23.5 Å². The van der Waals surface area contributed by atoms with E-state index in [-0.39, 0.29) is 36.7 Å². The number of aromatic nitrogens is 3. The van der Waals surface area contributed by atoms with Gasteiger partial charge in [0.25, 0.3) is 5.91 Å². The maximum atomic E-state index is 14.5. The van der Waals surface area contributed by atoms with Crippen molar-refractivity contribution in [3.05, 3.63) is 52.1 Å². The van der Waals surface area contributed by atoms with Crippen LogP contribution < -0.4 is 15.6 Å². The van der Waals surface area contributed by atoms with Crippen LogP contribution in [-0.4, -0.2) is 159 Å². The lowest BCUT2D eigenvalue weighted by molar-refractivity contribution is -0.155. The first kappa shape index (κ1) is 45.2. The third-order valence-electron chi connectivity index (χ3n) is 13.2. The highest BCUT2D eigenvalue weighted by Crippen LogP contribution is 2.43. The highest BCUT2D eigenvalue weighted by Gasteiger charge is 2.37. The average Bonchev–Trinajstić information content (AvgIpc) is 3.82. The normalized spacial score (nSPS) is 23.6. The molecule has 0 aliphatic carbocycles. The van der Waals surface area contributed by atoms with Gasteiger partial charge in [-0.15, -0.1) is 11.3 Å². The third-order valence-corrected chi connectivity index (χ3v) is 15.7. The van der Waals surface area contributed by atoms with Crippen molar-refractivity contribution < 1.29 is 23.9 Å². The molecule has 8 rings (SSSR count). The van der Waals surface area contributed by atoms with Crippen molar-refractivity contribution in [2.24, 2.45) is 5.41 Å². The van der Waals surface area contributed by atoms with E-state index in [0.29, 0.717) is 41.9 Å². The number of nitrogens with zero attached hydrogens (tertiary/aromatic N) is 8. The molecular formula is C46H64N10O5SSi. The summed E-state index contributed by atoms with van der Waals surface area (Å²) >= 11 is 1.49. The average molecular weight is 897 g/mol. The number of pyridine rings is 1. The monoisotopic (exact) mass is 896 g/mol. The van der Waals surface area contributed by atoms with Gasteiger partial charge >= 0.3 is 12.0 Å². The minimum absolute atomic E-state index is 0.0438. The lowest BCUT2D eigenvalue weighted by Gasteiger charge is -2.36. The van der Waals surface area contributed by atoms with E-state index in [0.717, 1.165) is 101 Å². The second-order valence-electron chi connectivity index (χ2n) is 18.5. The number of esters is 1. The van der Waals surface area contributed by atoms with E-state index in [2.05, 4.69) is 103 Å². The number of amides is 3. The number of methoxy groups -OCH3 is 1. The highest BCUT2D eigenvalue weighted by atomic mass is 32.1. The highest BCUT2D eigenvalue weighted by molar-refractivity contribution is 7.10. The first-order valence-corrected chi connectivity index (χ1v) is 24.7.